The van der Waals surface area contributed by atoms with Gasteiger partial charge in [0.2, 0.25) is 5.91 Å². The Balaban J connectivity index is 2.07. The molecule has 0 aliphatic rings. The van der Waals surface area contributed by atoms with Crippen LogP contribution in [0.1, 0.15) is 78.5 Å². The Kier molecular flexibility index (Phi) is 10.6. The van der Waals surface area contributed by atoms with E-state index in [0.29, 0.717) is 29.2 Å². The van der Waals surface area contributed by atoms with Crippen LogP contribution in [0, 0.1) is 12.8 Å². The number of hydrogen-bond donors (Lipinski definition) is 3. The Morgan fingerprint density at radius 1 is 0.905 bits per heavy atom. The number of rotatable bonds is 10. The standard InChI is InChI=1S/C34H45N3O5/c1-21(2)16-17-23(4)37(32(40)24(5)35-33(41)42-34(6,7)8)29(28-15-11-12-22(3)30(28)38)31(39)36-27-19-18-25-13-9-10-14-26(25)20-27/h9-15,18-21,23-24,29,38H,16-17H2,1-8H3,(H,35,41)(H,36,39). The second-order valence-electron chi connectivity index (χ2n) is 12.4. The maximum atomic E-state index is 14.2. The van der Waals surface area contributed by atoms with Gasteiger partial charge in [-0.2, -0.15) is 0 Å². The summed E-state index contributed by atoms with van der Waals surface area (Å²) in [6.45, 7) is 14.6. The van der Waals surface area contributed by atoms with Crippen LogP contribution in [0.25, 0.3) is 10.8 Å². The fourth-order valence-corrected chi connectivity index (χ4v) is 4.88. The predicted octanol–water partition coefficient (Wildman–Crippen LogP) is 7.10. The highest BCUT2D eigenvalue weighted by Gasteiger charge is 2.39. The molecule has 8 nitrogen and oxygen atoms in total. The number of fused-ring (bicyclic) bond motifs is 1. The van der Waals surface area contributed by atoms with Gasteiger partial charge in [0.1, 0.15) is 23.4 Å². The lowest BCUT2D eigenvalue weighted by molar-refractivity contribution is -0.143. The van der Waals surface area contributed by atoms with Gasteiger partial charge >= 0.3 is 6.09 Å². The average molecular weight is 576 g/mol. The molecule has 0 fully saturated rings. The molecule has 3 aromatic carbocycles. The van der Waals surface area contributed by atoms with Crippen LogP contribution < -0.4 is 10.6 Å². The highest BCUT2D eigenvalue weighted by atomic mass is 16.6. The number of nitrogens with zero attached hydrogens (tertiary/aromatic N) is 1. The molecule has 3 amide bonds. The van der Waals surface area contributed by atoms with E-state index in [-0.39, 0.29) is 5.75 Å². The van der Waals surface area contributed by atoms with Gasteiger partial charge in [-0.1, -0.05) is 62.4 Å². The van der Waals surface area contributed by atoms with Crippen LogP contribution >= 0.6 is 0 Å². The maximum Gasteiger partial charge on any atom is 0.408 e. The van der Waals surface area contributed by atoms with E-state index in [9.17, 15) is 19.5 Å². The first-order valence-corrected chi connectivity index (χ1v) is 14.6. The Morgan fingerprint density at radius 3 is 2.21 bits per heavy atom. The van der Waals surface area contributed by atoms with Crippen LogP contribution in [0.3, 0.4) is 0 Å². The SMILES string of the molecule is Cc1cccc(C(C(=O)Nc2ccc3ccccc3c2)N(C(=O)C(C)NC(=O)OC(C)(C)C)C(C)CCC(C)C)c1O. The zero-order chi connectivity index (χ0) is 31.2. The first-order chi connectivity index (χ1) is 19.7. The Morgan fingerprint density at radius 2 is 1.57 bits per heavy atom. The van der Waals surface area contributed by atoms with Crippen LogP contribution in [-0.4, -0.2) is 45.6 Å². The van der Waals surface area contributed by atoms with Crippen LogP contribution in [0.5, 0.6) is 5.75 Å². The molecule has 0 bridgehead atoms. The summed E-state index contributed by atoms with van der Waals surface area (Å²) < 4.78 is 5.38. The van der Waals surface area contributed by atoms with Crippen LogP contribution in [0.4, 0.5) is 10.5 Å². The van der Waals surface area contributed by atoms with Crippen molar-refractivity contribution in [3.8, 4) is 5.75 Å². The molecule has 3 atom stereocenters. The maximum absolute atomic E-state index is 14.2. The molecular formula is C34H45N3O5. The van der Waals surface area contributed by atoms with Crippen LogP contribution in [-0.2, 0) is 14.3 Å². The lowest BCUT2D eigenvalue weighted by Crippen LogP contribution is -2.54. The van der Waals surface area contributed by atoms with E-state index in [4.69, 9.17) is 4.74 Å². The first kappa shape index (κ1) is 32.4. The summed E-state index contributed by atoms with van der Waals surface area (Å²) in [5.74, 6) is -0.617. The smallest absolute Gasteiger partial charge is 0.408 e. The van der Waals surface area contributed by atoms with Crippen molar-refractivity contribution < 1.29 is 24.2 Å². The Bertz CT molecular complexity index is 1410. The van der Waals surface area contributed by atoms with Gasteiger partial charge < -0.3 is 25.4 Å². The van der Waals surface area contributed by atoms with Gasteiger partial charge in [0.25, 0.3) is 5.91 Å². The number of aryl methyl sites for hydroxylation is 1. The van der Waals surface area contributed by atoms with Crippen molar-refractivity contribution in [2.24, 2.45) is 5.92 Å². The molecule has 0 radical (unpaired) electrons. The molecule has 226 valence electrons. The fraction of sp³-hybridized carbons (Fsp3) is 0.441. The molecule has 0 aliphatic heterocycles. The van der Waals surface area contributed by atoms with Crippen molar-refractivity contribution in [1.82, 2.24) is 10.2 Å². The second kappa shape index (κ2) is 13.7. The van der Waals surface area contributed by atoms with Gasteiger partial charge in [-0.25, -0.2) is 4.79 Å². The topological polar surface area (TPSA) is 108 Å². The first-order valence-electron chi connectivity index (χ1n) is 14.6. The lowest BCUT2D eigenvalue weighted by atomic mass is 9.95. The quantitative estimate of drug-likeness (QED) is 0.239. The molecule has 8 heteroatoms. The van der Waals surface area contributed by atoms with E-state index < -0.39 is 41.6 Å². The molecule has 0 saturated heterocycles. The van der Waals surface area contributed by atoms with Gasteiger partial charge in [-0.15, -0.1) is 0 Å². The number of carbonyl (C=O) groups is 3. The minimum Gasteiger partial charge on any atom is -0.507 e. The molecule has 0 aromatic heterocycles. The van der Waals surface area contributed by atoms with E-state index in [1.807, 2.05) is 49.4 Å². The number of anilines is 1. The van der Waals surface area contributed by atoms with Crippen LogP contribution in [0.2, 0.25) is 0 Å². The van der Waals surface area contributed by atoms with Crippen molar-refractivity contribution in [2.75, 3.05) is 5.32 Å². The highest BCUT2D eigenvalue weighted by molar-refractivity contribution is 6.00. The average Bonchev–Trinajstić information content (AvgIpc) is 2.90. The molecule has 0 heterocycles. The van der Waals surface area contributed by atoms with E-state index in [1.54, 1.807) is 52.8 Å². The van der Waals surface area contributed by atoms with Crippen molar-refractivity contribution in [1.29, 1.82) is 0 Å². The van der Waals surface area contributed by atoms with Crippen molar-refractivity contribution >= 4 is 34.4 Å². The van der Waals surface area contributed by atoms with Gasteiger partial charge in [0, 0.05) is 17.3 Å². The van der Waals surface area contributed by atoms with Gasteiger partial charge in [0.15, 0.2) is 0 Å². The Labute approximate surface area is 249 Å². The Hall–Kier alpha value is -4.07. The zero-order valence-electron chi connectivity index (χ0n) is 26.0. The normalized spacial score (nSPS) is 13.7. The largest absolute Gasteiger partial charge is 0.507 e. The summed E-state index contributed by atoms with van der Waals surface area (Å²) in [5, 5.41) is 18.8. The van der Waals surface area contributed by atoms with E-state index in [2.05, 4.69) is 24.5 Å². The lowest BCUT2D eigenvalue weighted by Gasteiger charge is -2.38. The number of ether oxygens (including phenoxy) is 1. The fourth-order valence-electron chi connectivity index (χ4n) is 4.88. The molecule has 42 heavy (non-hydrogen) atoms. The number of benzene rings is 3. The summed E-state index contributed by atoms with van der Waals surface area (Å²) in [6.07, 6.45) is 0.709. The highest BCUT2D eigenvalue weighted by Crippen LogP contribution is 2.35. The number of para-hydroxylation sites is 1. The molecule has 3 unspecified atom stereocenters. The molecule has 3 rings (SSSR count). The molecule has 0 spiro atoms. The second-order valence-corrected chi connectivity index (χ2v) is 12.4. The molecule has 3 N–H and O–H groups in total. The molecule has 0 saturated carbocycles. The minimum atomic E-state index is -1.17. The zero-order valence-corrected chi connectivity index (χ0v) is 26.0. The van der Waals surface area contributed by atoms with Crippen molar-refractivity contribution in [3.05, 3.63) is 71.8 Å². The van der Waals surface area contributed by atoms with Crippen molar-refractivity contribution in [2.45, 2.75) is 92.0 Å². The third-order valence-electron chi connectivity index (χ3n) is 7.10. The van der Waals surface area contributed by atoms with Gasteiger partial charge in [0.05, 0.1) is 0 Å². The number of carbonyl (C=O) groups excluding carboxylic acids is 3. The molecule has 0 aliphatic carbocycles. The van der Waals surface area contributed by atoms with E-state index in [0.717, 1.165) is 17.2 Å². The van der Waals surface area contributed by atoms with E-state index in [1.165, 1.54) is 4.90 Å². The number of phenolic OH excluding ortho intramolecular Hbond substituents is 1. The van der Waals surface area contributed by atoms with Crippen LogP contribution in [0.15, 0.2) is 60.7 Å². The molecule has 3 aromatic rings. The number of alkyl carbamates (subject to hydrolysis) is 1. The van der Waals surface area contributed by atoms with Gasteiger partial charge in [-0.3, -0.25) is 9.59 Å². The summed E-state index contributed by atoms with van der Waals surface area (Å²) in [5.41, 5.74) is 0.714. The summed E-state index contributed by atoms with van der Waals surface area (Å²) >= 11 is 0. The van der Waals surface area contributed by atoms with E-state index >= 15 is 0 Å². The third-order valence-corrected chi connectivity index (χ3v) is 7.10. The monoisotopic (exact) mass is 575 g/mol. The number of amides is 3. The number of nitrogens with one attached hydrogen (secondary N) is 2. The van der Waals surface area contributed by atoms with Gasteiger partial charge in [-0.05, 0) is 88.8 Å². The third kappa shape index (κ3) is 8.47. The number of phenols is 1. The molecular weight excluding hydrogens is 530 g/mol. The van der Waals surface area contributed by atoms with Crippen molar-refractivity contribution in [3.63, 3.8) is 0 Å². The summed E-state index contributed by atoms with van der Waals surface area (Å²) in [6, 6.07) is 16.0. The summed E-state index contributed by atoms with van der Waals surface area (Å²) in [7, 11) is 0. The number of aromatic hydroxyl groups is 1. The summed E-state index contributed by atoms with van der Waals surface area (Å²) in [4.78, 5) is 42.4. The minimum absolute atomic E-state index is 0.0576. The number of hydrogen-bond acceptors (Lipinski definition) is 5. The predicted molar refractivity (Wildman–Crippen MR) is 167 cm³/mol.